The first-order valence-corrected chi connectivity index (χ1v) is 8.00. The minimum atomic E-state index is 0.440. The first-order valence-electron chi connectivity index (χ1n) is 8.00. The van der Waals surface area contributed by atoms with Gasteiger partial charge in [0, 0.05) is 18.6 Å². The molecule has 0 aromatic heterocycles. The predicted molar refractivity (Wildman–Crippen MR) is 84.9 cm³/mol. The summed E-state index contributed by atoms with van der Waals surface area (Å²) in [5, 5.41) is 3.56. The number of nitrogens with one attached hydrogen (secondary N) is 1. The van der Waals surface area contributed by atoms with Gasteiger partial charge in [-0.1, -0.05) is 45.0 Å². The summed E-state index contributed by atoms with van der Waals surface area (Å²) < 4.78 is 0. The fraction of sp³-hybridized carbons (Fsp3) is 0.667. The minimum absolute atomic E-state index is 0.440. The minimum Gasteiger partial charge on any atom is -0.312 e. The number of benzene rings is 1. The fourth-order valence-corrected chi connectivity index (χ4v) is 4.06. The van der Waals surface area contributed by atoms with Crippen LogP contribution in [0.5, 0.6) is 0 Å². The molecule has 0 radical (unpaired) electrons. The van der Waals surface area contributed by atoms with Gasteiger partial charge in [0.25, 0.3) is 0 Å². The van der Waals surface area contributed by atoms with Crippen molar-refractivity contribution in [3.8, 4) is 0 Å². The molecule has 0 amide bonds. The summed E-state index contributed by atoms with van der Waals surface area (Å²) in [5.74, 6) is 0.837. The molecule has 1 heterocycles. The molecule has 2 aliphatic rings. The van der Waals surface area contributed by atoms with E-state index in [1.54, 1.807) is 0 Å². The van der Waals surface area contributed by atoms with Gasteiger partial charge in [0.05, 0.1) is 0 Å². The van der Waals surface area contributed by atoms with E-state index in [1.807, 2.05) is 0 Å². The predicted octanol–water partition coefficient (Wildman–Crippen LogP) is 3.24. The Kier molecular flexibility index (Phi) is 3.64. The third-order valence-electron chi connectivity index (χ3n) is 5.43. The summed E-state index contributed by atoms with van der Waals surface area (Å²) in [7, 11) is 2.11. The van der Waals surface area contributed by atoms with Gasteiger partial charge in [-0.25, -0.2) is 0 Å². The normalized spacial score (nSPS) is 30.7. The molecule has 0 saturated carbocycles. The average Bonchev–Trinajstić information content (AvgIpc) is 3.02. The number of likely N-dealkylation sites (tertiary alicyclic amines) is 1. The lowest BCUT2D eigenvalue weighted by molar-refractivity contribution is 0.175. The van der Waals surface area contributed by atoms with Gasteiger partial charge in [0.15, 0.2) is 0 Å². The van der Waals surface area contributed by atoms with E-state index in [1.165, 1.54) is 37.1 Å². The largest absolute Gasteiger partial charge is 0.312 e. The number of likely N-dealkylation sites (N-methyl/N-ethyl adjacent to an activating group) is 1. The molecular weight excluding hydrogens is 244 g/mol. The van der Waals surface area contributed by atoms with E-state index in [9.17, 15) is 0 Å². The molecule has 3 atom stereocenters. The summed E-state index contributed by atoms with van der Waals surface area (Å²) in [6, 6.07) is 10.1. The van der Waals surface area contributed by atoms with Crippen LogP contribution < -0.4 is 5.32 Å². The molecule has 2 heteroatoms. The molecule has 0 spiro atoms. The Labute approximate surface area is 123 Å². The van der Waals surface area contributed by atoms with Crippen molar-refractivity contribution in [3.05, 3.63) is 35.4 Å². The van der Waals surface area contributed by atoms with Crippen molar-refractivity contribution < 1.29 is 0 Å². The van der Waals surface area contributed by atoms with Gasteiger partial charge in [0.2, 0.25) is 0 Å². The monoisotopic (exact) mass is 272 g/mol. The van der Waals surface area contributed by atoms with Gasteiger partial charge < -0.3 is 5.32 Å². The molecule has 3 rings (SSSR count). The SMILES string of the molecule is CNC1c2ccccc2CC1N1CCC(C(C)(C)C)C1. The molecule has 0 bridgehead atoms. The second kappa shape index (κ2) is 5.16. The highest BCUT2D eigenvalue weighted by Crippen LogP contribution is 2.40. The maximum absolute atomic E-state index is 3.56. The lowest BCUT2D eigenvalue weighted by Gasteiger charge is -2.32. The van der Waals surface area contributed by atoms with Crippen LogP contribution >= 0.6 is 0 Å². The van der Waals surface area contributed by atoms with E-state index in [2.05, 4.69) is 62.3 Å². The molecule has 110 valence electrons. The zero-order valence-corrected chi connectivity index (χ0v) is 13.3. The zero-order chi connectivity index (χ0) is 14.3. The third-order valence-corrected chi connectivity index (χ3v) is 5.43. The van der Waals surface area contributed by atoms with Crippen molar-refractivity contribution in [1.29, 1.82) is 0 Å². The lowest BCUT2D eigenvalue weighted by Crippen LogP contribution is -2.41. The Balaban J connectivity index is 1.77. The van der Waals surface area contributed by atoms with Gasteiger partial charge in [-0.05, 0) is 48.9 Å². The van der Waals surface area contributed by atoms with Gasteiger partial charge in [-0.15, -0.1) is 0 Å². The zero-order valence-electron chi connectivity index (χ0n) is 13.3. The number of hydrogen-bond donors (Lipinski definition) is 1. The van der Waals surface area contributed by atoms with Gasteiger partial charge in [0.1, 0.15) is 0 Å². The molecule has 2 nitrogen and oxygen atoms in total. The highest BCUT2D eigenvalue weighted by molar-refractivity contribution is 5.37. The van der Waals surface area contributed by atoms with Crippen molar-refractivity contribution in [1.82, 2.24) is 10.2 Å². The van der Waals surface area contributed by atoms with E-state index in [4.69, 9.17) is 0 Å². The van der Waals surface area contributed by atoms with Crippen molar-refractivity contribution >= 4 is 0 Å². The molecule has 1 fully saturated rings. The van der Waals surface area contributed by atoms with Crippen LogP contribution in [0.3, 0.4) is 0 Å². The highest BCUT2D eigenvalue weighted by atomic mass is 15.2. The van der Waals surface area contributed by atoms with Crippen molar-refractivity contribution in [2.75, 3.05) is 20.1 Å². The van der Waals surface area contributed by atoms with Crippen LogP contribution in [0, 0.1) is 11.3 Å². The number of nitrogens with zero attached hydrogens (tertiary/aromatic N) is 1. The molecule has 20 heavy (non-hydrogen) atoms. The molecule has 1 aromatic carbocycles. The Morgan fingerprint density at radius 2 is 1.95 bits per heavy atom. The second-order valence-corrected chi connectivity index (χ2v) is 7.58. The fourth-order valence-electron chi connectivity index (χ4n) is 4.06. The number of rotatable bonds is 2. The molecular formula is C18H28N2. The van der Waals surface area contributed by atoms with Crippen LogP contribution in [0.2, 0.25) is 0 Å². The number of fused-ring (bicyclic) bond motifs is 1. The number of hydrogen-bond acceptors (Lipinski definition) is 2. The Morgan fingerprint density at radius 1 is 1.20 bits per heavy atom. The molecule has 1 N–H and O–H groups in total. The summed E-state index contributed by atoms with van der Waals surface area (Å²) in [5.41, 5.74) is 3.49. The van der Waals surface area contributed by atoms with E-state index < -0.39 is 0 Å². The Bertz CT molecular complexity index is 475. The van der Waals surface area contributed by atoms with Crippen LogP contribution in [0.15, 0.2) is 24.3 Å². The molecule has 1 aliphatic heterocycles. The maximum Gasteiger partial charge on any atom is 0.0481 e. The molecule has 1 aromatic rings. The smallest absolute Gasteiger partial charge is 0.0481 e. The molecule has 3 unspecified atom stereocenters. The summed E-state index contributed by atoms with van der Waals surface area (Å²) in [6.45, 7) is 9.69. The quantitative estimate of drug-likeness (QED) is 0.889. The first-order chi connectivity index (χ1) is 9.50. The first kappa shape index (κ1) is 14.1. The Hall–Kier alpha value is -0.860. The highest BCUT2D eigenvalue weighted by Gasteiger charge is 2.40. The van der Waals surface area contributed by atoms with E-state index in [0.29, 0.717) is 17.5 Å². The average molecular weight is 272 g/mol. The van der Waals surface area contributed by atoms with Crippen LogP contribution in [0.4, 0.5) is 0 Å². The Morgan fingerprint density at radius 3 is 2.60 bits per heavy atom. The van der Waals surface area contributed by atoms with Gasteiger partial charge in [-0.2, -0.15) is 0 Å². The van der Waals surface area contributed by atoms with E-state index >= 15 is 0 Å². The summed E-state index contributed by atoms with van der Waals surface area (Å²) in [6.07, 6.45) is 2.56. The lowest BCUT2D eigenvalue weighted by atomic mass is 9.80. The summed E-state index contributed by atoms with van der Waals surface area (Å²) in [4.78, 5) is 2.73. The summed E-state index contributed by atoms with van der Waals surface area (Å²) >= 11 is 0. The van der Waals surface area contributed by atoms with Crippen LogP contribution in [0.1, 0.15) is 44.4 Å². The van der Waals surface area contributed by atoms with Crippen molar-refractivity contribution in [2.45, 2.75) is 45.7 Å². The topological polar surface area (TPSA) is 15.3 Å². The molecule has 1 aliphatic carbocycles. The molecule has 1 saturated heterocycles. The van der Waals surface area contributed by atoms with Gasteiger partial charge in [-0.3, -0.25) is 4.90 Å². The third kappa shape index (κ3) is 2.40. The van der Waals surface area contributed by atoms with Crippen LogP contribution in [-0.2, 0) is 6.42 Å². The van der Waals surface area contributed by atoms with Gasteiger partial charge >= 0.3 is 0 Å². The van der Waals surface area contributed by atoms with Crippen LogP contribution in [0.25, 0.3) is 0 Å². The second-order valence-electron chi connectivity index (χ2n) is 7.58. The standard InChI is InChI=1S/C18H28N2/c1-18(2,3)14-9-10-20(12-14)16-11-13-7-5-6-8-15(13)17(16)19-4/h5-8,14,16-17,19H,9-12H2,1-4H3. The van der Waals surface area contributed by atoms with E-state index in [-0.39, 0.29) is 0 Å². The van der Waals surface area contributed by atoms with Crippen molar-refractivity contribution in [3.63, 3.8) is 0 Å². The van der Waals surface area contributed by atoms with Crippen molar-refractivity contribution in [2.24, 2.45) is 11.3 Å². The van der Waals surface area contributed by atoms with Crippen LogP contribution in [-0.4, -0.2) is 31.1 Å². The maximum atomic E-state index is 3.56. The van der Waals surface area contributed by atoms with E-state index in [0.717, 1.165) is 5.92 Å².